The van der Waals surface area contributed by atoms with Gasteiger partial charge in [0.2, 0.25) is 11.8 Å². The van der Waals surface area contributed by atoms with Crippen molar-refractivity contribution in [3.05, 3.63) is 59.9 Å². The molecule has 2 aromatic carbocycles. The molecule has 0 aliphatic rings. The molecular weight excluding hydrogens is 275 g/mol. The van der Waals surface area contributed by atoms with E-state index < -0.39 is 5.97 Å². The van der Waals surface area contributed by atoms with Gasteiger partial charge in [0.1, 0.15) is 5.82 Å². The fourth-order valence-electron chi connectivity index (χ4n) is 1.90. The molecule has 0 saturated heterocycles. The third-order valence-corrected chi connectivity index (χ3v) is 2.90. The fourth-order valence-corrected chi connectivity index (χ4v) is 1.90. The summed E-state index contributed by atoms with van der Waals surface area (Å²) in [6.45, 7) is 0. The van der Waals surface area contributed by atoms with Gasteiger partial charge in [-0.05, 0) is 36.4 Å². The normalized spacial score (nSPS) is 10.5. The molecule has 1 heterocycles. The van der Waals surface area contributed by atoms with E-state index in [0.717, 1.165) is 0 Å². The number of rotatable bonds is 3. The number of carbonyl (C=O) groups is 1. The number of aromatic nitrogens is 2. The second-order valence-corrected chi connectivity index (χ2v) is 4.27. The number of halogens is 1. The molecule has 6 heteroatoms. The first-order chi connectivity index (χ1) is 10.1. The number of hydrogen-bond donors (Lipinski definition) is 1. The van der Waals surface area contributed by atoms with E-state index in [1.807, 2.05) is 0 Å². The zero-order valence-corrected chi connectivity index (χ0v) is 10.7. The minimum Gasteiger partial charge on any atom is -0.478 e. The molecule has 21 heavy (non-hydrogen) atoms. The van der Waals surface area contributed by atoms with Gasteiger partial charge in [0.25, 0.3) is 0 Å². The van der Waals surface area contributed by atoms with Crippen molar-refractivity contribution < 1.29 is 18.7 Å². The molecule has 3 rings (SSSR count). The van der Waals surface area contributed by atoms with E-state index >= 15 is 0 Å². The van der Waals surface area contributed by atoms with E-state index in [1.54, 1.807) is 18.2 Å². The highest BCUT2D eigenvalue weighted by Crippen LogP contribution is 2.26. The summed E-state index contributed by atoms with van der Waals surface area (Å²) in [5, 5.41) is 16.9. The van der Waals surface area contributed by atoms with E-state index in [4.69, 9.17) is 9.52 Å². The van der Waals surface area contributed by atoms with E-state index in [9.17, 15) is 9.18 Å². The number of carboxylic acids is 1. The second kappa shape index (κ2) is 5.16. The third-order valence-electron chi connectivity index (χ3n) is 2.90. The number of aromatic carboxylic acids is 1. The van der Waals surface area contributed by atoms with Crippen LogP contribution in [0.4, 0.5) is 4.39 Å². The van der Waals surface area contributed by atoms with Gasteiger partial charge in [-0.25, -0.2) is 9.18 Å². The minimum atomic E-state index is -1.08. The topological polar surface area (TPSA) is 76.2 Å². The van der Waals surface area contributed by atoms with Gasteiger partial charge < -0.3 is 9.52 Å². The van der Waals surface area contributed by atoms with Crippen LogP contribution in [0.25, 0.3) is 22.9 Å². The Labute approximate surface area is 118 Å². The molecule has 0 unspecified atom stereocenters. The van der Waals surface area contributed by atoms with Crippen molar-refractivity contribution in [3.8, 4) is 22.9 Å². The summed E-state index contributed by atoms with van der Waals surface area (Å²) in [6, 6.07) is 11.9. The molecule has 1 aromatic heterocycles. The zero-order chi connectivity index (χ0) is 14.8. The van der Waals surface area contributed by atoms with Crippen LogP contribution in [0.1, 0.15) is 10.4 Å². The highest BCUT2D eigenvalue weighted by atomic mass is 19.1. The Morgan fingerprint density at radius 3 is 2.38 bits per heavy atom. The highest BCUT2D eigenvalue weighted by Gasteiger charge is 2.17. The Bertz CT molecular complexity index is 797. The highest BCUT2D eigenvalue weighted by molar-refractivity contribution is 5.94. The second-order valence-electron chi connectivity index (χ2n) is 4.27. The lowest BCUT2D eigenvalue weighted by molar-refractivity contribution is 0.0697. The summed E-state index contributed by atoms with van der Waals surface area (Å²) < 4.78 is 18.4. The molecule has 5 nitrogen and oxygen atoms in total. The van der Waals surface area contributed by atoms with Gasteiger partial charge in [-0.2, -0.15) is 0 Å². The van der Waals surface area contributed by atoms with Crippen LogP contribution < -0.4 is 0 Å². The maximum Gasteiger partial charge on any atom is 0.336 e. The van der Waals surface area contributed by atoms with Crippen LogP contribution >= 0.6 is 0 Å². The summed E-state index contributed by atoms with van der Waals surface area (Å²) >= 11 is 0. The first-order valence-corrected chi connectivity index (χ1v) is 6.07. The van der Waals surface area contributed by atoms with Crippen LogP contribution in [0.2, 0.25) is 0 Å². The quantitative estimate of drug-likeness (QED) is 0.799. The number of benzene rings is 2. The Morgan fingerprint density at radius 2 is 1.67 bits per heavy atom. The monoisotopic (exact) mass is 284 g/mol. The summed E-state index contributed by atoms with van der Waals surface area (Å²) in [4.78, 5) is 11.2. The Kier molecular flexibility index (Phi) is 3.19. The first kappa shape index (κ1) is 13.0. The molecule has 104 valence electrons. The molecule has 0 amide bonds. The van der Waals surface area contributed by atoms with Gasteiger partial charge in [0, 0.05) is 5.56 Å². The van der Waals surface area contributed by atoms with Crippen molar-refractivity contribution >= 4 is 5.97 Å². The summed E-state index contributed by atoms with van der Waals surface area (Å²) in [7, 11) is 0. The summed E-state index contributed by atoms with van der Waals surface area (Å²) in [5.74, 6) is -1.14. The molecule has 3 aromatic rings. The van der Waals surface area contributed by atoms with Crippen LogP contribution in [-0.4, -0.2) is 21.3 Å². The number of carboxylic acid groups (broad SMARTS) is 1. The summed E-state index contributed by atoms with van der Waals surface area (Å²) in [5.41, 5.74) is 0.973. The fraction of sp³-hybridized carbons (Fsp3) is 0. The Morgan fingerprint density at radius 1 is 1.00 bits per heavy atom. The van der Waals surface area contributed by atoms with Gasteiger partial charge in [0.05, 0.1) is 11.1 Å². The molecule has 0 fully saturated rings. The molecule has 0 spiro atoms. The zero-order valence-electron chi connectivity index (χ0n) is 10.7. The summed E-state index contributed by atoms with van der Waals surface area (Å²) in [6.07, 6.45) is 0. The minimum absolute atomic E-state index is 0.0757. The predicted octanol–water partition coefficient (Wildman–Crippen LogP) is 3.24. The molecule has 0 saturated carbocycles. The van der Waals surface area contributed by atoms with Crippen LogP contribution in [0.5, 0.6) is 0 Å². The van der Waals surface area contributed by atoms with E-state index in [0.29, 0.717) is 11.1 Å². The van der Waals surface area contributed by atoms with Crippen molar-refractivity contribution in [2.75, 3.05) is 0 Å². The molecule has 0 radical (unpaired) electrons. The van der Waals surface area contributed by atoms with E-state index in [2.05, 4.69) is 10.2 Å². The van der Waals surface area contributed by atoms with E-state index in [-0.39, 0.29) is 23.2 Å². The van der Waals surface area contributed by atoms with Crippen LogP contribution in [-0.2, 0) is 0 Å². The van der Waals surface area contributed by atoms with Crippen LogP contribution in [0.3, 0.4) is 0 Å². The number of nitrogens with zero attached hydrogens (tertiary/aromatic N) is 2. The third kappa shape index (κ3) is 2.51. The lowest BCUT2D eigenvalue weighted by Gasteiger charge is -2.00. The lowest BCUT2D eigenvalue weighted by Crippen LogP contribution is -1.98. The van der Waals surface area contributed by atoms with E-state index in [1.165, 1.54) is 30.3 Å². The first-order valence-electron chi connectivity index (χ1n) is 6.07. The van der Waals surface area contributed by atoms with Crippen molar-refractivity contribution in [3.63, 3.8) is 0 Å². The maximum absolute atomic E-state index is 12.9. The van der Waals surface area contributed by atoms with Gasteiger partial charge >= 0.3 is 5.97 Å². The molecule has 0 aliphatic carbocycles. The van der Waals surface area contributed by atoms with Gasteiger partial charge in [0.15, 0.2) is 0 Å². The van der Waals surface area contributed by atoms with Crippen LogP contribution in [0, 0.1) is 5.82 Å². The van der Waals surface area contributed by atoms with Crippen LogP contribution in [0.15, 0.2) is 52.9 Å². The smallest absolute Gasteiger partial charge is 0.336 e. The van der Waals surface area contributed by atoms with Crippen molar-refractivity contribution in [1.82, 2.24) is 10.2 Å². The molecule has 1 N–H and O–H groups in total. The maximum atomic E-state index is 12.9. The Hall–Kier alpha value is -3.02. The van der Waals surface area contributed by atoms with Crippen molar-refractivity contribution in [2.24, 2.45) is 0 Å². The Balaban J connectivity index is 2.03. The average Bonchev–Trinajstić information content (AvgIpc) is 2.97. The van der Waals surface area contributed by atoms with Gasteiger partial charge in [-0.15, -0.1) is 10.2 Å². The standard InChI is InChI=1S/C15H9FN2O3/c16-10-7-5-9(6-8-10)13-17-18-14(21-13)11-3-1-2-4-12(11)15(19)20/h1-8H,(H,19,20). The average molecular weight is 284 g/mol. The lowest BCUT2D eigenvalue weighted by atomic mass is 10.1. The molecular formula is C15H9FN2O3. The predicted molar refractivity (Wildman–Crippen MR) is 72.1 cm³/mol. The SMILES string of the molecule is O=C(O)c1ccccc1-c1nnc(-c2ccc(F)cc2)o1. The largest absolute Gasteiger partial charge is 0.478 e. The van der Waals surface area contributed by atoms with Gasteiger partial charge in [-0.1, -0.05) is 12.1 Å². The van der Waals surface area contributed by atoms with Crippen molar-refractivity contribution in [2.45, 2.75) is 0 Å². The number of hydrogen-bond acceptors (Lipinski definition) is 4. The van der Waals surface area contributed by atoms with Gasteiger partial charge in [-0.3, -0.25) is 0 Å². The molecule has 0 bridgehead atoms. The van der Waals surface area contributed by atoms with Crippen molar-refractivity contribution in [1.29, 1.82) is 0 Å². The molecule has 0 aliphatic heterocycles. The molecule has 0 atom stereocenters.